The van der Waals surface area contributed by atoms with Crippen molar-refractivity contribution in [3.63, 3.8) is 0 Å². The number of piperazine rings is 1. The fourth-order valence-electron chi connectivity index (χ4n) is 3.55. The molecule has 2 aliphatic heterocycles. The molecule has 0 atom stereocenters. The van der Waals surface area contributed by atoms with Crippen LogP contribution in [0.4, 0.5) is 11.6 Å². The summed E-state index contributed by atoms with van der Waals surface area (Å²) in [6.07, 6.45) is 0. The van der Waals surface area contributed by atoms with Gasteiger partial charge in [-0.1, -0.05) is 37.3 Å². The molecule has 1 aromatic carbocycles. The van der Waals surface area contributed by atoms with Crippen LogP contribution in [0.1, 0.15) is 6.92 Å². The minimum Gasteiger partial charge on any atom is -0.378 e. The van der Waals surface area contributed by atoms with Gasteiger partial charge in [-0.25, -0.2) is 9.97 Å². The van der Waals surface area contributed by atoms with Gasteiger partial charge in [0.15, 0.2) is 5.82 Å². The van der Waals surface area contributed by atoms with Crippen molar-refractivity contribution in [3.8, 4) is 11.4 Å². The van der Waals surface area contributed by atoms with Crippen LogP contribution in [-0.2, 0) is 4.74 Å². The first-order valence-electron chi connectivity index (χ1n) is 9.58. The van der Waals surface area contributed by atoms with Gasteiger partial charge in [-0.15, -0.1) is 0 Å². The molecular formula is C20H27N5O. The van der Waals surface area contributed by atoms with Gasteiger partial charge >= 0.3 is 0 Å². The number of rotatable bonds is 4. The summed E-state index contributed by atoms with van der Waals surface area (Å²) in [7, 11) is 0. The van der Waals surface area contributed by atoms with Crippen molar-refractivity contribution in [2.24, 2.45) is 0 Å². The molecule has 0 spiro atoms. The Balaban J connectivity index is 1.66. The number of ether oxygens (including phenoxy) is 1. The van der Waals surface area contributed by atoms with Crippen molar-refractivity contribution >= 4 is 11.6 Å². The summed E-state index contributed by atoms with van der Waals surface area (Å²) in [5, 5.41) is 0. The molecule has 0 unspecified atom stereocenters. The molecule has 0 amide bonds. The fourth-order valence-corrected chi connectivity index (χ4v) is 3.55. The van der Waals surface area contributed by atoms with Crippen molar-refractivity contribution in [2.75, 3.05) is 68.8 Å². The van der Waals surface area contributed by atoms with Crippen LogP contribution in [0.3, 0.4) is 0 Å². The number of aromatic nitrogens is 2. The number of hydrogen-bond acceptors (Lipinski definition) is 6. The fraction of sp³-hybridized carbons (Fsp3) is 0.500. The lowest BCUT2D eigenvalue weighted by atomic mass is 10.2. The van der Waals surface area contributed by atoms with Gasteiger partial charge in [-0.05, 0) is 6.54 Å². The van der Waals surface area contributed by atoms with E-state index in [4.69, 9.17) is 14.7 Å². The minimum atomic E-state index is 0.759. The molecule has 2 aromatic rings. The average Bonchev–Trinajstić information content (AvgIpc) is 2.75. The molecule has 6 nitrogen and oxygen atoms in total. The maximum Gasteiger partial charge on any atom is 0.163 e. The predicted octanol–water partition coefficient (Wildman–Crippen LogP) is 2.12. The van der Waals surface area contributed by atoms with Crippen molar-refractivity contribution in [3.05, 3.63) is 36.4 Å². The van der Waals surface area contributed by atoms with E-state index in [0.29, 0.717) is 0 Å². The quantitative estimate of drug-likeness (QED) is 0.839. The maximum absolute atomic E-state index is 5.51. The Hall–Kier alpha value is -2.18. The normalized spacial score (nSPS) is 19.0. The van der Waals surface area contributed by atoms with Crippen LogP contribution < -0.4 is 9.80 Å². The molecule has 4 rings (SSSR count). The Morgan fingerprint density at radius 2 is 1.46 bits per heavy atom. The van der Waals surface area contributed by atoms with Crippen LogP contribution in [0.25, 0.3) is 11.4 Å². The first-order chi connectivity index (χ1) is 12.8. The second-order valence-corrected chi connectivity index (χ2v) is 6.79. The van der Waals surface area contributed by atoms with Gasteiger partial charge in [0.25, 0.3) is 0 Å². The highest BCUT2D eigenvalue weighted by Crippen LogP contribution is 2.25. The largest absolute Gasteiger partial charge is 0.378 e. The molecule has 138 valence electrons. The van der Waals surface area contributed by atoms with Crippen LogP contribution in [0.5, 0.6) is 0 Å². The Morgan fingerprint density at radius 3 is 2.08 bits per heavy atom. The zero-order chi connectivity index (χ0) is 17.8. The van der Waals surface area contributed by atoms with Gasteiger partial charge in [-0.2, -0.15) is 0 Å². The van der Waals surface area contributed by atoms with E-state index < -0.39 is 0 Å². The third-order valence-corrected chi connectivity index (χ3v) is 5.21. The Bertz CT molecular complexity index is 709. The second-order valence-electron chi connectivity index (χ2n) is 6.79. The van der Waals surface area contributed by atoms with Crippen LogP contribution in [0, 0.1) is 0 Å². The van der Waals surface area contributed by atoms with E-state index in [1.165, 1.54) is 0 Å². The molecule has 26 heavy (non-hydrogen) atoms. The third kappa shape index (κ3) is 3.81. The first kappa shape index (κ1) is 17.2. The van der Waals surface area contributed by atoms with Crippen LogP contribution in [0.15, 0.2) is 36.4 Å². The van der Waals surface area contributed by atoms with E-state index >= 15 is 0 Å². The lowest BCUT2D eigenvalue weighted by molar-refractivity contribution is 0.122. The molecule has 0 N–H and O–H groups in total. The Morgan fingerprint density at radius 1 is 0.846 bits per heavy atom. The standard InChI is InChI=1S/C20H27N5O/c1-2-23-8-10-24(11-9-23)18-16-19(25-12-14-26-15-13-25)22-20(21-18)17-6-4-3-5-7-17/h3-7,16H,2,8-15H2,1H3. The maximum atomic E-state index is 5.51. The zero-order valence-corrected chi connectivity index (χ0v) is 15.5. The van der Waals surface area contributed by atoms with Crippen LogP contribution >= 0.6 is 0 Å². The molecule has 1 aromatic heterocycles. The Labute approximate surface area is 155 Å². The monoisotopic (exact) mass is 353 g/mol. The summed E-state index contributed by atoms with van der Waals surface area (Å²) in [4.78, 5) is 17.0. The second kappa shape index (κ2) is 8.01. The lowest BCUT2D eigenvalue weighted by Crippen LogP contribution is -2.46. The summed E-state index contributed by atoms with van der Waals surface area (Å²) in [5.74, 6) is 2.86. The molecule has 6 heteroatoms. The van der Waals surface area contributed by atoms with Crippen molar-refractivity contribution in [1.29, 1.82) is 0 Å². The van der Waals surface area contributed by atoms with E-state index in [1.807, 2.05) is 18.2 Å². The van der Waals surface area contributed by atoms with Crippen LogP contribution in [-0.4, -0.2) is 73.9 Å². The van der Waals surface area contributed by atoms with Gasteiger partial charge in [0, 0.05) is 50.9 Å². The summed E-state index contributed by atoms with van der Waals surface area (Å²) in [5.41, 5.74) is 1.07. The van der Waals surface area contributed by atoms with Gasteiger partial charge in [-0.3, -0.25) is 0 Å². The zero-order valence-electron chi connectivity index (χ0n) is 15.5. The van der Waals surface area contributed by atoms with E-state index in [1.54, 1.807) is 0 Å². The van der Waals surface area contributed by atoms with E-state index in [0.717, 1.165) is 82.1 Å². The Kier molecular flexibility index (Phi) is 5.32. The number of likely N-dealkylation sites (N-methyl/N-ethyl adjacent to an activating group) is 1. The smallest absolute Gasteiger partial charge is 0.163 e. The molecule has 3 heterocycles. The molecule has 2 fully saturated rings. The molecule has 0 aliphatic carbocycles. The number of benzene rings is 1. The highest BCUT2D eigenvalue weighted by Gasteiger charge is 2.21. The van der Waals surface area contributed by atoms with Crippen molar-refractivity contribution in [1.82, 2.24) is 14.9 Å². The number of anilines is 2. The van der Waals surface area contributed by atoms with Crippen molar-refractivity contribution < 1.29 is 4.74 Å². The summed E-state index contributed by atoms with van der Waals surface area (Å²) in [6, 6.07) is 12.4. The first-order valence-corrected chi connectivity index (χ1v) is 9.58. The number of nitrogens with zero attached hydrogens (tertiary/aromatic N) is 5. The van der Waals surface area contributed by atoms with Gasteiger partial charge in [0.05, 0.1) is 13.2 Å². The van der Waals surface area contributed by atoms with E-state index in [-0.39, 0.29) is 0 Å². The number of morpholine rings is 1. The highest BCUT2D eigenvalue weighted by molar-refractivity contribution is 5.62. The molecule has 0 saturated carbocycles. The summed E-state index contributed by atoms with van der Waals surface area (Å²) < 4.78 is 5.51. The molecule has 2 saturated heterocycles. The van der Waals surface area contributed by atoms with Crippen LogP contribution in [0.2, 0.25) is 0 Å². The number of hydrogen-bond donors (Lipinski definition) is 0. The van der Waals surface area contributed by atoms with E-state index in [2.05, 4.69) is 39.8 Å². The SMILES string of the molecule is CCN1CCN(c2cc(N3CCOCC3)nc(-c3ccccc3)n2)CC1. The molecular weight excluding hydrogens is 326 g/mol. The van der Waals surface area contributed by atoms with Gasteiger partial charge < -0.3 is 19.4 Å². The highest BCUT2D eigenvalue weighted by atomic mass is 16.5. The van der Waals surface area contributed by atoms with Crippen molar-refractivity contribution in [2.45, 2.75) is 6.92 Å². The third-order valence-electron chi connectivity index (χ3n) is 5.21. The predicted molar refractivity (Wildman–Crippen MR) is 105 cm³/mol. The minimum absolute atomic E-state index is 0.759. The molecule has 0 radical (unpaired) electrons. The molecule has 0 bridgehead atoms. The molecule has 2 aliphatic rings. The van der Waals surface area contributed by atoms with Gasteiger partial charge in [0.1, 0.15) is 11.6 Å². The average molecular weight is 353 g/mol. The summed E-state index contributed by atoms with van der Waals surface area (Å²) >= 11 is 0. The topological polar surface area (TPSA) is 44.7 Å². The summed E-state index contributed by atoms with van der Waals surface area (Å²) in [6.45, 7) is 10.8. The van der Waals surface area contributed by atoms with Gasteiger partial charge in [0.2, 0.25) is 0 Å². The van der Waals surface area contributed by atoms with E-state index in [9.17, 15) is 0 Å². The lowest BCUT2D eigenvalue weighted by Gasteiger charge is -2.35.